The first kappa shape index (κ1) is 27.0. The second-order valence-corrected chi connectivity index (χ2v) is 6.45. The second kappa shape index (κ2) is 8.46. The Hall–Kier alpha value is -3.07. The van der Waals surface area contributed by atoms with Gasteiger partial charge in [-0.1, -0.05) is 12.1 Å². The molecule has 1 amide bonds. The Kier molecular flexibility index (Phi) is 7.13. The van der Waals surface area contributed by atoms with Crippen molar-refractivity contribution in [2.24, 2.45) is 0 Å². The molecular formula is C16H11F10NO5. The number of amides is 1. The average molecular weight is 487 g/mol. The van der Waals surface area contributed by atoms with Crippen LogP contribution in [0.3, 0.4) is 0 Å². The third-order valence-corrected chi connectivity index (χ3v) is 3.81. The maximum Gasteiger partial charge on any atom is 0.465 e. The largest absolute Gasteiger partial charge is 0.480 e. The Morgan fingerprint density at radius 3 is 1.66 bits per heavy atom. The number of halogens is 10. The van der Waals surface area contributed by atoms with Gasteiger partial charge in [0.2, 0.25) is 0 Å². The molecule has 1 aromatic rings. The van der Waals surface area contributed by atoms with E-state index in [1.165, 1.54) is 0 Å². The van der Waals surface area contributed by atoms with Crippen LogP contribution in [0.4, 0.5) is 43.9 Å². The lowest BCUT2D eigenvalue weighted by atomic mass is 9.92. The first-order valence-electron chi connectivity index (χ1n) is 7.91. The fraction of sp³-hybridized carbons (Fsp3) is 0.438. The molecule has 1 unspecified atom stereocenters. The predicted octanol–water partition coefficient (Wildman–Crippen LogP) is 3.49. The number of alkyl halides is 10. The number of carbonyl (C=O) groups excluding carboxylic acids is 2. The smallest absolute Gasteiger partial charge is 0.465 e. The monoisotopic (exact) mass is 487 g/mol. The van der Waals surface area contributed by atoms with Gasteiger partial charge < -0.3 is 15.2 Å². The summed E-state index contributed by atoms with van der Waals surface area (Å²) in [5, 5.41) is 10.2. The van der Waals surface area contributed by atoms with Crippen molar-refractivity contribution in [3.63, 3.8) is 0 Å². The van der Waals surface area contributed by atoms with Crippen LogP contribution in [0.25, 0.3) is 0 Å². The zero-order chi connectivity index (χ0) is 25.3. The molecule has 16 heteroatoms. The van der Waals surface area contributed by atoms with Crippen LogP contribution in [-0.2, 0) is 20.8 Å². The lowest BCUT2D eigenvalue weighted by Crippen LogP contribution is -2.60. The van der Waals surface area contributed by atoms with Crippen molar-refractivity contribution in [3.05, 3.63) is 29.8 Å². The first-order chi connectivity index (χ1) is 14.1. The minimum atomic E-state index is -6.32. The lowest BCUT2D eigenvalue weighted by Gasteiger charge is -2.29. The van der Waals surface area contributed by atoms with Crippen molar-refractivity contribution < 1.29 is 68.1 Å². The van der Waals surface area contributed by atoms with Gasteiger partial charge in [-0.2, -0.15) is 43.9 Å². The standard InChI is InChI=1S/C16H11F10NO5/c1-12(10(29)30,27-9(28)13(17,18)15(21,22)23)6-7-2-4-8(5-3-7)32-11(31)14(19,20)16(24,25)26/h2-5H,6H2,1H3,(H,27,28)(H,29,30). The van der Waals surface area contributed by atoms with Gasteiger partial charge in [0.15, 0.2) is 0 Å². The minimum absolute atomic E-state index is 0.229. The van der Waals surface area contributed by atoms with Crippen LogP contribution < -0.4 is 10.1 Å². The number of carboxylic acid groups (broad SMARTS) is 1. The van der Waals surface area contributed by atoms with Crippen LogP contribution in [0.1, 0.15) is 12.5 Å². The molecule has 0 heterocycles. The summed E-state index contributed by atoms with van der Waals surface area (Å²) < 4.78 is 129. The van der Waals surface area contributed by atoms with Crippen molar-refractivity contribution in [2.75, 3.05) is 0 Å². The molecule has 0 aliphatic heterocycles. The molecule has 0 aliphatic rings. The summed E-state index contributed by atoms with van der Waals surface area (Å²) in [6.07, 6.45) is -13.5. The molecule has 180 valence electrons. The fourth-order valence-electron chi connectivity index (χ4n) is 2.00. The predicted molar refractivity (Wildman–Crippen MR) is 82.0 cm³/mol. The number of nitrogens with one attached hydrogen (secondary N) is 1. The normalized spacial score (nSPS) is 15.0. The number of benzene rings is 1. The number of ether oxygens (including phenoxy) is 1. The van der Waals surface area contributed by atoms with Gasteiger partial charge in [-0.05, 0) is 24.6 Å². The summed E-state index contributed by atoms with van der Waals surface area (Å²) in [6, 6.07) is 2.80. The molecule has 1 atom stereocenters. The molecule has 2 N–H and O–H groups in total. The molecule has 1 aromatic carbocycles. The molecule has 0 radical (unpaired) electrons. The molecular weight excluding hydrogens is 476 g/mol. The molecule has 32 heavy (non-hydrogen) atoms. The van der Waals surface area contributed by atoms with Crippen molar-refractivity contribution in [1.82, 2.24) is 5.32 Å². The second-order valence-electron chi connectivity index (χ2n) is 6.45. The van der Waals surface area contributed by atoms with Crippen molar-refractivity contribution in [1.29, 1.82) is 0 Å². The SMILES string of the molecule is CC(Cc1ccc(OC(=O)C(F)(F)C(F)(F)F)cc1)(NC(=O)C(F)(F)C(F)(F)F)C(=O)O. The highest BCUT2D eigenvalue weighted by atomic mass is 19.4. The third kappa shape index (κ3) is 5.59. The Bertz CT molecular complexity index is 879. The van der Waals surface area contributed by atoms with E-state index in [2.05, 4.69) is 4.74 Å². The van der Waals surface area contributed by atoms with Crippen molar-refractivity contribution in [2.45, 2.75) is 43.1 Å². The summed E-state index contributed by atoms with van der Waals surface area (Å²) in [6.45, 7) is 0.581. The quantitative estimate of drug-likeness (QED) is 0.349. The Balaban J connectivity index is 3.03. The summed E-state index contributed by atoms with van der Waals surface area (Å²) in [7, 11) is 0. The van der Waals surface area contributed by atoms with E-state index in [9.17, 15) is 58.3 Å². The molecule has 0 fully saturated rings. The summed E-state index contributed by atoms with van der Waals surface area (Å²) in [5.41, 5.74) is -2.96. The molecule has 0 spiro atoms. The van der Waals surface area contributed by atoms with Gasteiger partial charge in [0.05, 0.1) is 0 Å². The van der Waals surface area contributed by atoms with E-state index in [0.717, 1.165) is 17.4 Å². The summed E-state index contributed by atoms with van der Waals surface area (Å²) >= 11 is 0. The highest BCUT2D eigenvalue weighted by molar-refractivity contribution is 5.91. The molecule has 0 bridgehead atoms. The minimum Gasteiger partial charge on any atom is -0.480 e. The van der Waals surface area contributed by atoms with E-state index >= 15 is 0 Å². The number of rotatable bonds is 7. The van der Waals surface area contributed by atoms with E-state index in [1.807, 2.05) is 0 Å². The van der Waals surface area contributed by atoms with Gasteiger partial charge in [0, 0.05) is 6.42 Å². The molecule has 0 aliphatic carbocycles. The van der Waals surface area contributed by atoms with Crippen LogP contribution in [0.15, 0.2) is 24.3 Å². The van der Waals surface area contributed by atoms with Crippen LogP contribution >= 0.6 is 0 Å². The van der Waals surface area contributed by atoms with Gasteiger partial charge >= 0.3 is 42.0 Å². The topological polar surface area (TPSA) is 92.7 Å². The average Bonchev–Trinajstić information content (AvgIpc) is 2.61. The first-order valence-corrected chi connectivity index (χ1v) is 7.91. The van der Waals surface area contributed by atoms with Crippen LogP contribution in [0.5, 0.6) is 5.75 Å². The van der Waals surface area contributed by atoms with E-state index in [0.29, 0.717) is 19.1 Å². The maximum absolute atomic E-state index is 13.1. The number of carbonyl (C=O) groups is 3. The van der Waals surface area contributed by atoms with Gasteiger partial charge in [0.1, 0.15) is 11.3 Å². The highest BCUT2D eigenvalue weighted by Gasteiger charge is 2.65. The maximum atomic E-state index is 13.1. The van der Waals surface area contributed by atoms with E-state index in [4.69, 9.17) is 5.11 Å². The summed E-state index contributed by atoms with van der Waals surface area (Å²) in [4.78, 5) is 33.7. The highest BCUT2D eigenvalue weighted by Crippen LogP contribution is 2.37. The van der Waals surface area contributed by atoms with Crippen LogP contribution in [0.2, 0.25) is 0 Å². The fourth-order valence-corrected chi connectivity index (χ4v) is 2.00. The number of hydrogen-bond donors (Lipinski definition) is 2. The van der Waals surface area contributed by atoms with Gasteiger partial charge in [0.25, 0.3) is 0 Å². The van der Waals surface area contributed by atoms with E-state index in [-0.39, 0.29) is 5.56 Å². The van der Waals surface area contributed by atoms with Gasteiger partial charge in [-0.15, -0.1) is 0 Å². The van der Waals surface area contributed by atoms with E-state index in [1.54, 1.807) is 0 Å². The van der Waals surface area contributed by atoms with Crippen LogP contribution in [0, 0.1) is 0 Å². The van der Waals surface area contributed by atoms with Gasteiger partial charge in [-0.3, -0.25) is 4.79 Å². The molecule has 0 aromatic heterocycles. The van der Waals surface area contributed by atoms with Crippen molar-refractivity contribution >= 4 is 17.8 Å². The number of aliphatic carboxylic acids is 1. The zero-order valence-corrected chi connectivity index (χ0v) is 15.4. The molecule has 1 rings (SSSR count). The number of hydrogen-bond acceptors (Lipinski definition) is 4. The summed E-state index contributed by atoms with van der Waals surface area (Å²) in [5.74, 6) is -20.6. The Labute approximate surface area is 171 Å². The Morgan fingerprint density at radius 2 is 1.28 bits per heavy atom. The van der Waals surface area contributed by atoms with Crippen molar-refractivity contribution in [3.8, 4) is 5.75 Å². The number of esters is 1. The molecule has 0 saturated heterocycles. The molecule has 0 saturated carbocycles. The Morgan fingerprint density at radius 1 is 0.844 bits per heavy atom. The number of carboxylic acids is 1. The lowest BCUT2D eigenvalue weighted by molar-refractivity contribution is -0.276. The van der Waals surface area contributed by atoms with Gasteiger partial charge in [-0.25, -0.2) is 9.59 Å². The van der Waals surface area contributed by atoms with E-state index < -0.39 is 59.8 Å². The zero-order valence-electron chi connectivity index (χ0n) is 15.4. The third-order valence-electron chi connectivity index (χ3n) is 3.81. The molecule has 6 nitrogen and oxygen atoms in total. The van der Waals surface area contributed by atoms with Crippen LogP contribution in [-0.4, -0.2) is 52.7 Å².